The molecule has 2 heterocycles. The number of carbonyl (C=O) groups is 1. The average Bonchev–Trinajstić information content (AvgIpc) is 3.01. The van der Waals surface area contributed by atoms with Gasteiger partial charge in [0.15, 0.2) is 11.5 Å². The first-order valence-corrected chi connectivity index (χ1v) is 11.2. The van der Waals surface area contributed by atoms with Crippen molar-refractivity contribution in [2.24, 2.45) is 5.73 Å². The number of carbonyl (C=O) groups excluding carboxylic acids is 1. The first-order chi connectivity index (χ1) is 14.2. The molecule has 162 valence electrons. The molecule has 10 nitrogen and oxygen atoms in total. The smallest absolute Gasteiger partial charge is 0.339 e. The Kier molecular flexibility index (Phi) is 7.33. The van der Waals surface area contributed by atoms with Gasteiger partial charge in [0.25, 0.3) is 5.16 Å². The topological polar surface area (TPSA) is 156 Å². The zero-order valence-electron chi connectivity index (χ0n) is 17.2. The van der Waals surface area contributed by atoms with E-state index in [1.165, 1.54) is 19.8 Å². The van der Waals surface area contributed by atoms with Crippen molar-refractivity contribution in [3.8, 4) is 0 Å². The summed E-state index contributed by atoms with van der Waals surface area (Å²) in [7, 11) is -3.77. The second kappa shape index (κ2) is 9.53. The number of amides is 1. The number of primary amides is 1. The van der Waals surface area contributed by atoms with E-state index in [1.807, 2.05) is 6.07 Å². The third-order valence-electron chi connectivity index (χ3n) is 4.34. The fourth-order valence-electron chi connectivity index (χ4n) is 2.53. The van der Waals surface area contributed by atoms with Crippen LogP contribution in [0.5, 0.6) is 0 Å². The summed E-state index contributed by atoms with van der Waals surface area (Å²) in [5, 5.41) is -0.506. The molecule has 0 atom stereocenters. The minimum absolute atomic E-state index is 0.0541. The number of unbranched alkanes of at least 4 members (excludes halogenated alkanes) is 1. The lowest BCUT2D eigenvalue weighted by Gasteiger charge is -2.05. The Morgan fingerprint density at radius 2 is 1.67 bits per heavy atom. The molecule has 0 saturated carbocycles. The van der Waals surface area contributed by atoms with Crippen molar-refractivity contribution in [2.45, 2.75) is 45.3 Å². The standard InChI is InChI=1S/C15H16N6O4S.C4H10/c1-2-26(24,25)14-18-11(16)10-12(19-14)20(15(23)21(10)13(17)22)8-9-6-4-3-5-7-9;1-3-4-2/h3-7H,2,8H2,1H3,(H2,17,22)(H2,16,18,19);3-4H2,1-2H3. The van der Waals surface area contributed by atoms with Crippen molar-refractivity contribution < 1.29 is 13.2 Å². The van der Waals surface area contributed by atoms with Crippen LogP contribution in [0.15, 0.2) is 40.3 Å². The fourth-order valence-corrected chi connectivity index (χ4v) is 3.25. The summed E-state index contributed by atoms with van der Waals surface area (Å²) in [6, 6.07) is 7.86. The monoisotopic (exact) mass is 434 g/mol. The molecule has 0 spiro atoms. The number of imidazole rings is 1. The van der Waals surface area contributed by atoms with Crippen LogP contribution < -0.4 is 17.2 Å². The van der Waals surface area contributed by atoms with E-state index < -0.39 is 26.7 Å². The predicted octanol–water partition coefficient (Wildman–Crippen LogP) is 1.75. The molecule has 0 radical (unpaired) electrons. The first-order valence-electron chi connectivity index (χ1n) is 9.53. The molecule has 2 aromatic heterocycles. The molecule has 11 heteroatoms. The molecule has 0 saturated heterocycles. The number of anilines is 1. The molecule has 30 heavy (non-hydrogen) atoms. The highest BCUT2D eigenvalue weighted by Crippen LogP contribution is 2.20. The lowest BCUT2D eigenvalue weighted by Crippen LogP contribution is -2.33. The SMILES string of the molecule is CCCC.CCS(=O)(=O)c1nc(N)c2c(n1)n(Cc1ccccc1)c(=O)n2C(N)=O. The van der Waals surface area contributed by atoms with Crippen molar-refractivity contribution in [2.75, 3.05) is 11.5 Å². The maximum Gasteiger partial charge on any atom is 0.339 e. The van der Waals surface area contributed by atoms with Gasteiger partial charge in [-0.25, -0.2) is 22.6 Å². The summed E-state index contributed by atoms with van der Waals surface area (Å²) in [4.78, 5) is 32.1. The van der Waals surface area contributed by atoms with Crippen LogP contribution in [0, 0.1) is 0 Å². The van der Waals surface area contributed by atoms with Gasteiger partial charge in [0, 0.05) is 0 Å². The summed E-state index contributed by atoms with van der Waals surface area (Å²) in [5.41, 5.74) is 10.9. The van der Waals surface area contributed by atoms with Gasteiger partial charge in [-0.05, 0) is 5.56 Å². The van der Waals surface area contributed by atoms with Gasteiger partial charge >= 0.3 is 11.7 Å². The quantitative estimate of drug-likeness (QED) is 0.579. The molecule has 4 N–H and O–H groups in total. The van der Waals surface area contributed by atoms with Crippen LogP contribution in [-0.2, 0) is 16.4 Å². The molecular formula is C19H26N6O4S. The number of hydrogen-bond donors (Lipinski definition) is 2. The van der Waals surface area contributed by atoms with Gasteiger partial charge in [0.05, 0.1) is 12.3 Å². The van der Waals surface area contributed by atoms with E-state index in [0.717, 1.165) is 10.1 Å². The summed E-state index contributed by atoms with van der Waals surface area (Å²) in [6.07, 6.45) is 2.64. The second-order valence-electron chi connectivity index (χ2n) is 6.50. The largest absolute Gasteiger partial charge is 0.382 e. The van der Waals surface area contributed by atoms with Crippen molar-refractivity contribution >= 4 is 32.9 Å². The third-order valence-corrected chi connectivity index (χ3v) is 5.83. The number of aromatic nitrogens is 4. The Morgan fingerprint density at radius 3 is 2.17 bits per heavy atom. The second-order valence-corrected chi connectivity index (χ2v) is 8.67. The molecule has 0 aliphatic rings. The number of rotatable bonds is 5. The van der Waals surface area contributed by atoms with Crippen LogP contribution in [0.2, 0.25) is 0 Å². The van der Waals surface area contributed by atoms with Crippen LogP contribution in [0.3, 0.4) is 0 Å². The minimum atomic E-state index is -3.77. The summed E-state index contributed by atoms with van der Waals surface area (Å²) in [5.74, 6) is -0.554. The average molecular weight is 435 g/mol. The van der Waals surface area contributed by atoms with Crippen LogP contribution in [-0.4, -0.2) is 39.3 Å². The van der Waals surface area contributed by atoms with Gasteiger partial charge < -0.3 is 11.5 Å². The highest BCUT2D eigenvalue weighted by Gasteiger charge is 2.25. The minimum Gasteiger partial charge on any atom is -0.382 e. The Hall–Kier alpha value is -3.21. The number of fused-ring (bicyclic) bond motifs is 1. The van der Waals surface area contributed by atoms with Crippen LogP contribution >= 0.6 is 0 Å². The van der Waals surface area contributed by atoms with Gasteiger partial charge in [-0.1, -0.05) is 63.9 Å². The molecule has 1 aromatic carbocycles. The first kappa shape index (κ1) is 23.1. The summed E-state index contributed by atoms with van der Waals surface area (Å²) < 4.78 is 26.0. The van der Waals surface area contributed by atoms with E-state index >= 15 is 0 Å². The molecule has 0 unspecified atom stereocenters. The molecule has 3 rings (SSSR count). The third kappa shape index (κ3) is 4.67. The molecule has 0 aliphatic carbocycles. The number of nitrogen functional groups attached to an aromatic ring is 1. The molecule has 3 aromatic rings. The lowest BCUT2D eigenvalue weighted by atomic mass is 10.2. The summed E-state index contributed by atoms with van der Waals surface area (Å²) in [6.45, 7) is 5.85. The maximum absolute atomic E-state index is 12.7. The van der Waals surface area contributed by atoms with Crippen LogP contribution in [0.25, 0.3) is 11.2 Å². The lowest BCUT2D eigenvalue weighted by molar-refractivity contribution is 0.250. The van der Waals surface area contributed by atoms with Crippen molar-refractivity contribution in [1.29, 1.82) is 0 Å². The van der Waals surface area contributed by atoms with E-state index in [1.54, 1.807) is 24.3 Å². The van der Waals surface area contributed by atoms with E-state index in [-0.39, 0.29) is 29.3 Å². The molecule has 0 bridgehead atoms. The summed E-state index contributed by atoms with van der Waals surface area (Å²) >= 11 is 0. The Morgan fingerprint density at radius 1 is 1.07 bits per heavy atom. The van der Waals surface area contributed by atoms with Gasteiger partial charge in [0.1, 0.15) is 5.52 Å². The highest BCUT2D eigenvalue weighted by molar-refractivity contribution is 7.91. The van der Waals surface area contributed by atoms with Crippen molar-refractivity contribution in [3.63, 3.8) is 0 Å². The Balaban J connectivity index is 0.000000735. The van der Waals surface area contributed by atoms with E-state index in [2.05, 4.69) is 23.8 Å². The van der Waals surface area contributed by atoms with Crippen LogP contribution in [0.1, 0.15) is 39.2 Å². The predicted molar refractivity (Wildman–Crippen MR) is 115 cm³/mol. The molecular weight excluding hydrogens is 408 g/mol. The zero-order chi connectivity index (χ0) is 22.5. The Bertz CT molecular complexity index is 1200. The number of nitrogens with two attached hydrogens (primary N) is 2. The van der Waals surface area contributed by atoms with E-state index in [9.17, 15) is 18.0 Å². The van der Waals surface area contributed by atoms with Crippen molar-refractivity contribution in [3.05, 3.63) is 46.4 Å². The zero-order valence-corrected chi connectivity index (χ0v) is 18.0. The highest BCUT2D eigenvalue weighted by atomic mass is 32.2. The van der Waals surface area contributed by atoms with Gasteiger partial charge in [-0.3, -0.25) is 4.57 Å². The van der Waals surface area contributed by atoms with Gasteiger partial charge in [-0.15, -0.1) is 0 Å². The molecule has 0 aliphatic heterocycles. The van der Waals surface area contributed by atoms with Crippen LogP contribution in [0.4, 0.5) is 10.6 Å². The van der Waals surface area contributed by atoms with Gasteiger partial charge in [-0.2, -0.15) is 9.97 Å². The molecule has 1 amide bonds. The van der Waals surface area contributed by atoms with Gasteiger partial charge in [0.2, 0.25) is 9.84 Å². The fraction of sp³-hybridized carbons (Fsp3) is 0.368. The number of benzene rings is 1. The Labute approximate surface area is 174 Å². The van der Waals surface area contributed by atoms with Crippen molar-refractivity contribution in [1.82, 2.24) is 19.1 Å². The van der Waals surface area contributed by atoms with E-state index in [0.29, 0.717) is 4.57 Å². The molecule has 0 fully saturated rings. The number of sulfone groups is 1. The van der Waals surface area contributed by atoms with E-state index in [4.69, 9.17) is 11.5 Å². The normalized spacial score (nSPS) is 11.2. The number of hydrogen-bond acceptors (Lipinski definition) is 7. The number of nitrogens with zero attached hydrogens (tertiary/aromatic N) is 4. The maximum atomic E-state index is 12.7.